The van der Waals surface area contributed by atoms with Gasteiger partial charge in [0.05, 0.1) is 12.2 Å². The Morgan fingerprint density at radius 2 is 1.95 bits per heavy atom. The minimum absolute atomic E-state index is 0.00556. The first-order valence-electron chi connectivity index (χ1n) is 7.36. The van der Waals surface area contributed by atoms with Crippen LogP contribution in [-0.4, -0.2) is 32.0 Å². The minimum Gasteiger partial charge on any atom is -0.378 e. The van der Waals surface area contributed by atoms with Crippen LogP contribution in [0.4, 0.5) is 4.39 Å². The highest BCUT2D eigenvalue weighted by molar-refractivity contribution is 5.28. The summed E-state index contributed by atoms with van der Waals surface area (Å²) in [5.74, 6) is -0.192. The van der Waals surface area contributed by atoms with Gasteiger partial charge < -0.3 is 15.2 Å². The van der Waals surface area contributed by atoms with E-state index in [0.717, 1.165) is 38.9 Å². The lowest BCUT2D eigenvalue weighted by Gasteiger charge is -2.46. The van der Waals surface area contributed by atoms with Gasteiger partial charge in [-0.25, -0.2) is 4.39 Å². The fraction of sp³-hybridized carbons (Fsp3) is 0.625. The van der Waals surface area contributed by atoms with Gasteiger partial charge in [0.25, 0.3) is 0 Å². The van der Waals surface area contributed by atoms with Crippen molar-refractivity contribution in [1.82, 2.24) is 0 Å². The van der Waals surface area contributed by atoms with Crippen LogP contribution in [0.15, 0.2) is 24.3 Å². The molecule has 1 spiro atoms. The Hall–Kier alpha value is -0.970. The van der Waals surface area contributed by atoms with Crippen LogP contribution in [0.5, 0.6) is 0 Å². The normalized spacial score (nSPS) is 33.7. The second kappa shape index (κ2) is 5.43. The molecule has 1 aromatic carbocycles. The quantitative estimate of drug-likeness (QED) is 0.924. The van der Waals surface area contributed by atoms with Gasteiger partial charge in [0.15, 0.2) is 0 Å². The molecule has 20 heavy (non-hydrogen) atoms. The van der Waals surface area contributed by atoms with Crippen LogP contribution in [-0.2, 0) is 14.9 Å². The number of rotatable bonds is 3. The van der Waals surface area contributed by atoms with Gasteiger partial charge in [-0.1, -0.05) is 12.1 Å². The average molecular weight is 279 g/mol. The predicted molar refractivity (Wildman–Crippen MR) is 75.1 cm³/mol. The molecule has 0 radical (unpaired) electrons. The number of hydrogen-bond acceptors (Lipinski definition) is 3. The summed E-state index contributed by atoms with van der Waals surface area (Å²) in [4.78, 5) is 0. The van der Waals surface area contributed by atoms with E-state index in [1.165, 1.54) is 5.56 Å². The second-order valence-corrected chi connectivity index (χ2v) is 6.09. The molecular formula is C16H22FNO2. The fourth-order valence-corrected chi connectivity index (χ4v) is 3.74. The van der Waals surface area contributed by atoms with Crippen LogP contribution in [0.2, 0.25) is 0 Å². The highest BCUT2D eigenvalue weighted by atomic mass is 19.1. The van der Waals surface area contributed by atoms with Gasteiger partial charge in [-0.15, -0.1) is 0 Å². The zero-order valence-electron chi connectivity index (χ0n) is 11.7. The molecular weight excluding hydrogens is 257 g/mol. The van der Waals surface area contributed by atoms with Crippen molar-refractivity contribution in [2.75, 3.05) is 26.4 Å². The monoisotopic (exact) mass is 279 g/mol. The van der Waals surface area contributed by atoms with E-state index in [2.05, 4.69) is 0 Å². The van der Waals surface area contributed by atoms with Crippen molar-refractivity contribution >= 4 is 0 Å². The third-order valence-electron chi connectivity index (χ3n) is 4.80. The van der Waals surface area contributed by atoms with E-state index < -0.39 is 0 Å². The van der Waals surface area contributed by atoms with Crippen molar-refractivity contribution in [3.05, 3.63) is 35.6 Å². The molecule has 2 aliphatic heterocycles. The van der Waals surface area contributed by atoms with Gasteiger partial charge in [-0.2, -0.15) is 0 Å². The van der Waals surface area contributed by atoms with Gasteiger partial charge in [-0.05, 0) is 43.5 Å². The summed E-state index contributed by atoms with van der Waals surface area (Å²) in [6, 6.07) is 6.89. The van der Waals surface area contributed by atoms with E-state index in [1.807, 2.05) is 12.1 Å². The van der Waals surface area contributed by atoms with Crippen LogP contribution in [0, 0.1) is 5.82 Å². The maximum atomic E-state index is 13.2. The summed E-state index contributed by atoms with van der Waals surface area (Å²) in [6.45, 7) is 2.79. The van der Waals surface area contributed by atoms with Gasteiger partial charge in [-0.3, -0.25) is 0 Å². The summed E-state index contributed by atoms with van der Waals surface area (Å²) in [5, 5.41) is 0. The van der Waals surface area contributed by atoms with E-state index in [4.69, 9.17) is 15.2 Å². The van der Waals surface area contributed by atoms with Gasteiger partial charge in [0.2, 0.25) is 0 Å². The standard InChI is InChI=1S/C16H22FNO2/c17-14-3-1-13(2-4-14)15(5-8-18)6-10-20-16(11-15)7-9-19-12-16/h1-4H,5-12,18H2/t15-,16-/m1/s1. The smallest absolute Gasteiger partial charge is 0.123 e. The number of benzene rings is 1. The summed E-state index contributed by atoms with van der Waals surface area (Å²) in [5.41, 5.74) is 6.86. The Bertz CT molecular complexity index is 452. The highest BCUT2D eigenvalue weighted by Crippen LogP contribution is 2.46. The Balaban J connectivity index is 1.92. The molecule has 3 rings (SSSR count). The van der Waals surface area contributed by atoms with Gasteiger partial charge >= 0.3 is 0 Å². The maximum absolute atomic E-state index is 13.2. The first kappa shape index (κ1) is 14.0. The topological polar surface area (TPSA) is 44.5 Å². The molecule has 0 aromatic heterocycles. The molecule has 0 amide bonds. The largest absolute Gasteiger partial charge is 0.378 e. The average Bonchev–Trinajstić information content (AvgIpc) is 2.87. The first-order chi connectivity index (χ1) is 9.68. The molecule has 2 heterocycles. The van der Waals surface area contributed by atoms with E-state index in [-0.39, 0.29) is 16.8 Å². The molecule has 2 N–H and O–H groups in total. The Morgan fingerprint density at radius 3 is 2.60 bits per heavy atom. The number of hydrogen-bond donors (Lipinski definition) is 1. The Morgan fingerprint density at radius 1 is 1.15 bits per heavy atom. The van der Waals surface area contributed by atoms with E-state index in [0.29, 0.717) is 13.2 Å². The lowest BCUT2D eigenvalue weighted by Crippen LogP contribution is -2.48. The number of ether oxygens (including phenoxy) is 2. The molecule has 2 fully saturated rings. The highest BCUT2D eigenvalue weighted by Gasteiger charge is 2.48. The third-order valence-corrected chi connectivity index (χ3v) is 4.80. The zero-order chi connectivity index (χ0) is 14.1. The van der Waals surface area contributed by atoms with Crippen molar-refractivity contribution < 1.29 is 13.9 Å². The van der Waals surface area contributed by atoms with Crippen LogP contribution >= 0.6 is 0 Å². The van der Waals surface area contributed by atoms with Gasteiger partial charge in [0.1, 0.15) is 5.82 Å². The maximum Gasteiger partial charge on any atom is 0.123 e. The molecule has 3 nitrogen and oxygen atoms in total. The van der Waals surface area contributed by atoms with Crippen molar-refractivity contribution in [3.8, 4) is 0 Å². The van der Waals surface area contributed by atoms with Crippen LogP contribution in [0.25, 0.3) is 0 Å². The number of halogens is 1. The van der Waals surface area contributed by atoms with E-state index >= 15 is 0 Å². The summed E-state index contributed by atoms with van der Waals surface area (Å²) in [7, 11) is 0. The molecule has 1 aromatic rings. The number of nitrogens with two attached hydrogens (primary N) is 1. The molecule has 0 saturated carbocycles. The molecule has 2 saturated heterocycles. The Kier molecular flexibility index (Phi) is 3.80. The summed E-state index contributed by atoms with van der Waals surface area (Å²) >= 11 is 0. The summed E-state index contributed by atoms with van der Waals surface area (Å²) < 4.78 is 24.8. The SMILES string of the molecule is NCC[C@@]1(c2ccc(F)cc2)CCO[C@]2(CCOC2)C1. The Labute approximate surface area is 119 Å². The molecule has 2 atom stereocenters. The van der Waals surface area contributed by atoms with E-state index in [1.54, 1.807) is 12.1 Å². The van der Waals surface area contributed by atoms with E-state index in [9.17, 15) is 4.39 Å². The van der Waals surface area contributed by atoms with Gasteiger partial charge in [0, 0.05) is 25.0 Å². The minimum atomic E-state index is -0.192. The zero-order valence-corrected chi connectivity index (χ0v) is 11.7. The molecule has 4 heteroatoms. The molecule has 0 bridgehead atoms. The molecule has 110 valence electrons. The fourth-order valence-electron chi connectivity index (χ4n) is 3.74. The lowest BCUT2D eigenvalue weighted by atomic mass is 9.66. The lowest BCUT2D eigenvalue weighted by molar-refractivity contribution is -0.108. The van der Waals surface area contributed by atoms with Crippen LogP contribution < -0.4 is 5.73 Å². The predicted octanol–water partition coefficient (Wildman–Crippen LogP) is 2.38. The third kappa shape index (κ3) is 2.48. The van der Waals surface area contributed by atoms with Crippen molar-refractivity contribution in [1.29, 1.82) is 0 Å². The van der Waals surface area contributed by atoms with Crippen molar-refractivity contribution in [2.45, 2.75) is 36.7 Å². The first-order valence-corrected chi connectivity index (χ1v) is 7.36. The molecule has 0 aliphatic carbocycles. The van der Waals surface area contributed by atoms with Crippen molar-refractivity contribution in [2.24, 2.45) is 5.73 Å². The summed E-state index contributed by atoms with van der Waals surface area (Å²) in [6.07, 6.45) is 3.71. The molecule has 2 aliphatic rings. The second-order valence-electron chi connectivity index (χ2n) is 6.09. The molecule has 0 unspecified atom stereocenters. The van der Waals surface area contributed by atoms with Crippen LogP contribution in [0.1, 0.15) is 31.2 Å². The van der Waals surface area contributed by atoms with Crippen molar-refractivity contribution in [3.63, 3.8) is 0 Å². The van der Waals surface area contributed by atoms with Crippen LogP contribution in [0.3, 0.4) is 0 Å².